The number of aliphatic hydroxyl groups is 1. The topological polar surface area (TPSA) is 57.5 Å². The van der Waals surface area contributed by atoms with Crippen molar-refractivity contribution >= 4 is 12.0 Å². The first kappa shape index (κ1) is 18.2. The molecule has 2 N–H and O–H groups in total. The maximum atomic E-state index is 11.2. The molecule has 25 heavy (non-hydrogen) atoms. The number of benzene rings is 1. The average molecular weight is 342 g/mol. The summed E-state index contributed by atoms with van der Waals surface area (Å²) >= 11 is 0. The summed E-state index contributed by atoms with van der Waals surface area (Å²) in [7, 11) is 0. The van der Waals surface area contributed by atoms with Gasteiger partial charge in [-0.25, -0.2) is 4.79 Å². The van der Waals surface area contributed by atoms with Gasteiger partial charge in [-0.1, -0.05) is 51.5 Å². The van der Waals surface area contributed by atoms with E-state index >= 15 is 0 Å². The Bertz CT molecular complexity index is 676. The Kier molecular flexibility index (Phi) is 4.80. The molecule has 2 saturated carbocycles. The minimum atomic E-state index is -0.886. The van der Waals surface area contributed by atoms with Crippen molar-refractivity contribution in [3.8, 4) is 0 Å². The molecule has 3 nitrogen and oxygen atoms in total. The zero-order chi connectivity index (χ0) is 18.2. The van der Waals surface area contributed by atoms with Crippen LogP contribution in [0, 0.1) is 22.7 Å². The summed E-state index contributed by atoms with van der Waals surface area (Å²) in [4.78, 5) is 11.2. The normalized spacial score (nSPS) is 34.6. The van der Waals surface area contributed by atoms with Crippen LogP contribution in [0.2, 0.25) is 0 Å². The van der Waals surface area contributed by atoms with Gasteiger partial charge in [-0.05, 0) is 66.0 Å². The highest BCUT2D eigenvalue weighted by Crippen LogP contribution is 2.60. The van der Waals surface area contributed by atoms with Crippen molar-refractivity contribution in [2.75, 3.05) is 0 Å². The van der Waals surface area contributed by atoms with E-state index in [0.29, 0.717) is 17.4 Å². The third-order valence-corrected chi connectivity index (χ3v) is 7.02. The monoisotopic (exact) mass is 342 g/mol. The molecule has 2 aliphatic rings. The zero-order valence-corrected chi connectivity index (χ0v) is 15.5. The Hall–Kier alpha value is -1.61. The Morgan fingerprint density at radius 2 is 1.96 bits per heavy atom. The molecule has 3 rings (SSSR count). The highest BCUT2D eigenvalue weighted by Gasteiger charge is 2.54. The summed E-state index contributed by atoms with van der Waals surface area (Å²) in [6, 6.07) is 7.12. The van der Waals surface area contributed by atoms with Gasteiger partial charge in [0, 0.05) is 0 Å². The average Bonchev–Trinajstić information content (AvgIpc) is 2.57. The lowest BCUT2D eigenvalue weighted by molar-refractivity contribution is -0.127. The van der Waals surface area contributed by atoms with Crippen molar-refractivity contribution in [3.05, 3.63) is 41.5 Å². The predicted molar refractivity (Wildman–Crippen MR) is 100 cm³/mol. The van der Waals surface area contributed by atoms with Crippen LogP contribution < -0.4 is 0 Å². The van der Waals surface area contributed by atoms with Crippen molar-refractivity contribution in [1.82, 2.24) is 0 Å². The molecular weight excluding hydrogens is 312 g/mol. The number of carbonyl (C=O) groups is 1. The molecule has 0 amide bonds. The molecule has 0 heterocycles. The maximum Gasteiger partial charge on any atom is 0.335 e. The number of carboxylic acids is 1. The quantitative estimate of drug-likeness (QED) is 0.812. The molecule has 0 aromatic heterocycles. The van der Waals surface area contributed by atoms with Gasteiger partial charge in [-0.15, -0.1) is 0 Å². The summed E-state index contributed by atoms with van der Waals surface area (Å²) in [5.74, 6) is 0.118. The van der Waals surface area contributed by atoms with Crippen molar-refractivity contribution in [2.45, 2.75) is 59.0 Å². The van der Waals surface area contributed by atoms with Crippen LogP contribution in [0.1, 0.15) is 68.8 Å². The van der Waals surface area contributed by atoms with Crippen LogP contribution >= 0.6 is 0 Å². The SMILES string of the molecule is CC1(C)C2CCC[C@H](/C=C/c3cccc(C(=O)O)c3)[C@@]2(C)CC[C@@H]1O. The van der Waals surface area contributed by atoms with E-state index in [-0.39, 0.29) is 16.9 Å². The van der Waals surface area contributed by atoms with Gasteiger partial charge in [0.1, 0.15) is 0 Å². The largest absolute Gasteiger partial charge is 0.478 e. The van der Waals surface area contributed by atoms with Crippen LogP contribution in [-0.2, 0) is 0 Å². The molecule has 2 aliphatic carbocycles. The van der Waals surface area contributed by atoms with E-state index < -0.39 is 5.97 Å². The number of hydrogen-bond acceptors (Lipinski definition) is 2. The smallest absolute Gasteiger partial charge is 0.335 e. The first-order valence-electron chi connectivity index (χ1n) is 9.45. The number of fused-ring (bicyclic) bond motifs is 1. The van der Waals surface area contributed by atoms with Gasteiger partial charge in [-0.2, -0.15) is 0 Å². The fourth-order valence-corrected chi connectivity index (χ4v) is 5.41. The van der Waals surface area contributed by atoms with Gasteiger partial charge in [0.05, 0.1) is 11.7 Å². The number of carboxylic acid groups (broad SMARTS) is 1. The van der Waals surface area contributed by atoms with Gasteiger partial charge < -0.3 is 10.2 Å². The third kappa shape index (κ3) is 3.27. The van der Waals surface area contributed by atoms with Crippen LogP contribution in [-0.4, -0.2) is 22.3 Å². The van der Waals surface area contributed by atoms with Gasteiger partial charge >= 0.3 is 5.97 Å². The standard InChI is InChI=1S/C22H30O3/c1-21(2)18-9-5-8-17(22(18,3)13-12-19(21)23)11-10-15-6-4-7-16(14-15)20(24)25/h4,6-7,10-11,14,17-19,23H,5,8-9,12-13H2,1-3H3,(H,24,25)/b11-10+/t17-,18?,19+,22-/m1/s1. The zero-order valence-electron chi connectivity index (χ0n) is 15.5. The van der Waals surface area contributed by atoms with Crippen LogP contribution in [0.15, 0.2) is 30.3 Å². The Morgan fingerprint density at radius 3 is 2.68 bits per heavy atom. The fraction of sp³-hybridized carbons (Fsp3) is 0.591. The van der Waals surface area contributed by atoms with Crippen LogP contribution in [0.3, 0.4) is 0 Å². The molecule has 1 unspecified atom stereocenters. The lowest BCUT2D eigenvalue weighted by Gasteiger charge is -2.58. The molecule has 136 valence electrons. The van der Waals surface area contributed by atoms with Crippen LogP contribution in [0.4, 0.5) is 0 Å². The Morgan fingerprint density at radius 1 is 1.20 bits per heavy atom. The number of hydrogen-bond donors (Lipinski definition) is 2. The highest BCUT2D eigenvalue weighted by atomic mass is 16.4. The number of rotatable bonds is 3. The summed E-state index contributed by atoms with van der Waals surface area (Å²) in [5, 5.41) is 19.6. The van der Waals surface area contributed by atoms with Crippen LogP contribution in [0.5, 0.6) is 0 Å². The molecule has 1 aromatic carbocycles. The van der Waals surface area contributed by atoms with E-state index in [1.54, 1.807) is 18.2 Å². The van der Waals surface area contributed by atoms with E-state index in [2.05, 4.69) is 32.9 Å². The van der Waals surface area contributed by atoms with Gasteiger partial charge in [0.25, 0.3) is 0 Å². The van der Waals surface area contributed by atoms with Crippen molar-refractivity contribution < 1.29 is 15.0 Å². The summed E-state index contributed by atoms with van der Waals surface area (Å²) in [6.45, 7) is 6.84. The Balaban J connectivity index is 1.85. The molecule has 4 atom stereocenters. The van der Waals surface area contributed by atoms with Crippen molar-refractivity contribution in [2.24, 2.45) is 22.7 Å². The highest BCUT2D eigenvalue weighted by molar-refractivity contribution is 5.88. The second kappa shape index (κ2) is 6.60. The molecule has 3 heteroatoms. The van der Waals surface area contributed by atoms with Crippen LogP contribution in [0.25, 0.3) is 6.08 Å². The molecule has 0 saturated heterocycles. The minimum Gasteiger partial charge on any atom is -0.478 e. The first-order valence-corrected chi connectivity index (χ1v) is 9.45. The molecule has 0 bridgehead atoms. The summed E-state index contributed by atoms with van der Waals surface area (Å²) in [6.07, 6.45) is 9.67. The van der Waals surface area contributed by atoms with E-state index in [9.17, 15) is 9.90 Å². The van der Waals surface area contributed by atoms with Gasteiger partial charge in [-0.3, -0.25) is 0 Å². The molecule has 2 fully saturated rings. The lowest BCUT2D eigenvalue weighted by atomic mass is 9.47. The molecule has 0 spiro atoms. The van der Waals surface area contributed by atoms with Gasteiger partial charge in [0.15, 0.2) is 0 Å². The number of allylic oxidation sites excluding steroid dienone is 1. The number of aliphatic hydroxyl groups excluding tert-OH is 1. The van der Waals surface area contributed by atoms with Crippen molar-refractivity contribution in [1.29, 1.82) is 0 Å². The maximum absolute atomic E-state index is 11.2. The number of aromatic carboxylic acids is 1. The minimum absolute atomic E-state index is 0.0390. The van der Waals surface area contributed by atoms with E-state index in [1.807, 2.05) is 6.07 Å². The predicted octanol–water partition coefficient (Wildman–Crippen LogP) is 5.00. The lowest BCUT2D eigenvalue weighted by Crippen LogP contribution is -2.53. The molecule has 1 aromatic rings. The summed E-state index contributed by atoms with van der Waals surface area (Å²) in [5.41, 5.74) is 1.45. The molecule has 0 radical (unpaired) electrons. The second-order valence-corrected chi connectivity index (χ2v) is 8.76. The molecule has 0 aliphatic heterocycles. The van der Waals surface area contributed by atoms with E-state index in [0.717, 1.165) is 18.4 Å². The Labute approximate surface area is 150 Å². The molecular formula is C22H30O3. The van der Waals surface area contributed by atoms with E-state index in [4.69, 9.17) is 5.11 Å². The third-order valence-electron chi connectivity index (χ3n) is 7.02. The van der Waals surface area contributed by atoms with Crippen molar-refractivity contribution in [3.63, 3.8) is 0 Å². The van der Waals surface area contributed by atoms with Gasteiger partial charge in [0.2, 0.25) is 0 Å². The first-order chi connectivity index (χ1) is 11.7. The fourth-order valence-electron chi connectivity index (χ4n) is 5.41. The van der Waals surface area contributed by atoms with E-state index in [1.165, 1.54) is 19.3 Å². The summed E-state index contributed by atoms with van der Waals surface area (Å²) < 4.78 is 0. The second-order valence-electron chi connectivity index (χ2n) is 8.76.